The van der Waals surface area contributed by atoms with Crippen LogP contribution in [0.25, 0.3) is 11.0 Å². The molecule has 0 saturated carbocycles. The van der Waals surface area contributed by atoms with E-state index in [0.29, 0.717) is 0 Å². The van der Waals surface area contributed by atoms with Crippen LogP contribution in [0.5, 0.6) is 0 Å². The lowest BCUT2D eigenvalue weighted by atomic mass is 9.92. The number of fused-ring (bicyclic) bond motifs is 1. The maximum absolute atomic E-state index is 5.19. The highest BCUT2D eigenvalue weighted by Crippen LogP contribution is 2.43. The first-order chi connectivity index (χ1) is 15.9. The van der Waals surface area contributed by atoms with Crippen LogP contribution in [-0.4, -0.2) is 20.7 Å². The largest absolute Gasteiger partial charge is 0.255 e. The molecule has 0 unspecified atom stereocenters. The van der Waals surface area contributed by atoms with Gasteiger partial charge in [0.05, 0.1) is 16.9 Å². The molecular formula is C27H21N5. The van der Waals surface area contributed by atoms with Gasteiger partial charge in [-0.25, -0.2) is 4.68 Å². The average Bonchev–Trinajstić information content (AvgIpc) is 3.47. The first kappa shape index (κ1) is 18.5. The minimum atomic E-state index is -0.146. The lowest BCUT2D eigenvalue weighted by Crippen LogP contribution is -2.29. The Balaban J connectivity index is 1.61. The summed E-state index contributed by atoms with van der Waals surface area (Å²) in [6.07, 6.45) is 0. The van der Waals surface area contributed by atoms with E-state index in [0.717, 1.165) is 28.0 Å². The second kappa shape index (κ2) is 7.78. The van der Waals surface area contributed by atoms with Crippen LogP contribution >= 0.6 is 0 Å². The van der Waals surface area contributed by atoms with Gasteiger partial charge in [-0.15, -0.1) is 5.10 Å². The SMILES string of the molecule is c1ccc(C2=NN(c3ccccc3)[C@@H](c3ccccc3)[C@H]2n2nnc3ccccc32)cc1. The van der Waals surface area contributed by atoms with Crippen LogP contribution in [0.1, 0.15) is 23.2 Å². The quantitative estimate of drug-likeness (QED) is 0.382. The zero-order valence-electron chi connectivity index (χ0n) is 17.4. The molecule has 1 aliphatic rings. The van der Waals surface area contributed by atoms with E-state index in [-0.39, 0.29) is 12.1 Å². The van der Waals surface area contributed by atoms with Crippen LogP contribution in [0.4, 0.5) is 5.69 Å². The van der Waals surface area contributed by atoms with Crippen LogP contribution in [0, 0.1) is 0 Å². The molecule has 1 aliphatic heterocycles. The smallest absolute Gasteiger partial charge is 0.125 e. The lowest BCUT2D eigenvalue weighted by Gasteiger charge is -2.28. The number of hydrogen-bond acceptors (Lipinski definition) is 4. The molecule has 5 heteroatoms. The van der Waals surface area contributed by atoms with Gasteiger partial charge in [0.1, 0.15) is 17.6 Å². The Hall–Kier alpha value is -4.25. The number of anilines is 1. The summed E-state index contributed by atoms with van der Waals surface area (Å²) in [4.78, 5) is 0. The van der Waals surface area contributed by atoms with Gasteiger partial charge >= 0.3 is 0 Å². The van der Waals surface area contributed by atoms with Crippen molar-refractivity contribution in [1.29, 1.82) is 0 Å². The maximum Gasteiger partial charge on any atom is 0.125 e. The Bertz CT molecular complexity index is 1380. The van der Waals surface area contributed by atoms with Crippen molar-refractivity contribution >= 4 is 22.4 Å². The molecule has 0 bridgehead atoms. The molecule has 6 rings (SSSR count). The molecule has 5 aromatic rings. The number of benzene rings is 4. The number of rotatable bonds is 4. The van der Waals surface area contributed by atoms with Crippen LogP contribution in [0.2, 0.25) is 0 Å². The monoisotopic (exact) mass is 415 g/mol. The summed E-state index contributed by atoms with van der Waals surface area (Å²) < 4.78 is 2.03. The second-order valence-corrected chi connectivity index (χ2v) is 7.85. The molecule has 2 atom stereocenters. The Morgan fingerprint density at radius 3 is 1.97 bits per heavy atom. The highest BCUT2D eigenvalue weighted by atomic mass is 15.5. The summed E-state index contributed by atoms with van der Waals surface area (Å²) in [6, 6.07) is 39.1. The van der Waals surface area contributed by atoms with Crippen LogP contribution in [0.3, 0.4) is 0 Å². The first-order valence-electron chi connectivity index (χ1n) is 10.7. The number of hydrazone groups is 1. The molecule has 0 saturated heterocycles. The van der Waals surface area contributed by atoms with E-state index in [1.165, 1.54) is 5.56 Å². The topological polar surface area (TPSA) is 46.3 Å². The van der Waals surface area contributed by atoms with E-state index in [4.69, 9.17) is 5.10 Å². The van der Waals surface area contributed by atoms with Gasteiger partial charge in [-0.1, -0.05) is 96.2 Å². The third-order valence-corrected chi connectivity index (χ3v) is 5.93. The fraction of sp³-hybridized carbons (Fsp3) is 0.0741. The highest BCUT2D eigenvalue weighted by molar-refractivity contribution is 6.06. The van der Waals surface area contributed by atoms with Crippen molar-refractivity contribution in [2.24, 2.45) is 5.10 Å². The maximum atomic E-state index is 5.19. The van der Waals surface area contributed by atoms with E-state index in [1.54, 1.807) is 0 Å². The van der Waals surface area contributed by atoms with Gasteiger partial charge in [0.15, 0.2) is 0 Å². The van der Waals surface area contributed by atoms with Gasteiger partial charge in [-0.2, -0.15) is 5.10 Å². The number of para-hydroxylation sites is 2. The molecule has 2 heterocycles. The molecule has 5 nitrogen and oxygen atoms in total. The number of hydrogen-bond donors (Lipinski definition) is 0. The number of aromatic nitrogens is 3. The normalized spacial score (nSPS) is 18.1. The van der Waals surface area contributed by atoms with Crippen molar-refractivity contribution < 1.29 is 0 Å². The van der Waals surface area contributed by atoms with Crippen molar-refractivity contribution in [2.75, 3.05) is 5.01 Å². The number of nitrogens with zero attached hydrogens (tertiary/aromatic N) is 5. The summed E-state index contributed by atoms with van der Waals surface area (Å²) in [5.74, 6) is 0. The van der Waals surface area contributed by atoms with Crippen molar-refractivity contribution in [1.82, 2.24) is 15.0 Å². The standard InChI is InChI=1S/C27H21N5/c1-4-12-20(13-5-1)25-27(32-24-19-11-10-18-23(24)28-30-32)26(21-14-6-2-7-15-21)31(29-25)22-16-8-3-9-17-22/h1-19,26-27H/t26-,27-/m0/s1. The molecule has 0 radical (unpaired) electrons. The zero-order valence-corrected chi connectivity index (χ0v) is 17.4. The van der Waals surface area contributed by atoms with Crippen molar-refractivity contribution in [3.8, 4) is 0 Å². The van der Waals surface area contributed by atoms with Gasteiger partial charge in [0.25, 0.3) is 0 Å². The van der Waals surface area contributed by atoms with Crippen LogP contribution in [-0.2, 0) is 0 Å². The van der Waals surface area contributed by atoms with Crippen LogP contribution in [0.15, 0.2) is 120 Å². The molecule has 0 aliphatic carbocycles. The van der Waals surface area contributed by atoms with Gasteiger partial charge in [0, 0.05) is 5.56 Å². The predicted octanol–water partition coefficient (Wildman–Crippen LogP) is 5.64. The van der Waals surface area contributed by atoms with E-state index in [9.17, 15) is 0 Å². The van der Waals surface area contributed by atoms with E-state index in [2.05, 4.69) is 82.1 Å². The average molecular weight is 416 g/mol. The van der Waals surface area contributed by atoms with Crippen LogP contribution < -0.4 is 5.01 Å². The van der Waals surface area contributed by atoms with Gasteiger partial charge in [-0.3, -0.25) is 5.01 Å². The molecular weight excluding hydrogens is 394 g/mol. The molecule has 0 fully saturated rings. The molecule has 0 N–H and O–H groups in total. The van der Waals surface area contributed by atoms with Gasteiger partial charge in [-0.05, 0) is 29.8 Å². The third kappa shape index (κ3) is 3.06. The zero-order chi connectivity index (χ0) is 21.3. The summed E-state index contributed by atoms with van der Waals surface area (Å²) in [5.41, 5.74) is 6.15. The minimum Gasteiger partial charge on any atom is -0.255 e. The fourth-order valence-corrected chi connectivity index (χ4v) is 4.47. The summed E-state index contributed by atoms with van der Waals surface area (Å²) in [6.45, 7) is 0. The Morgan fingerprint density at radius 1 is 0.594 bits per heavy atom. The molecule has 1 aromatic heterocycles. The molecule has 154 valence electrons. The summed E-state index contributed by atoms with van der Waals surface area (Å²) >= 11 is 0. The van der Waals surface area contributed by atoms with Crippen molar-refractivity contribution in [3.63, 3.8) is 0 Å². The second-order valence-electron chi connectivity index (χ2n) is 7.85. The Morgan fingerprint density at radius 2 is 1.22 bits per heavy atom. The molecule has 0 amide bonds. The third-order valence-electron chi connectivity index (χ3n) is 5.93. The summed E-state index contributed by atoms with van der Waals surface area (Å²) in [5, 5.41) is 16.4. The molecule has 0 spiro atoms. The fourth-order valence-electron chi connectivity index (χ4n) is 4.47. The van der Waals surface area contributed by atoms with E-state index >= 15 is 0 Å². The molecule has 4 aromatic carbocycles. The highest BCUT2D eigenvalue weighted by Gasteiger charge is 2.42. The first-order valence-corrected chi connectivity index (χ1v) is 10.7. The predicted molar refractivity (Wildman–Crippen MR) is 128 cm³/mol. The Kier molecular flexibility index (Phi) is 4.50. The summed E-state index contributed by atoms with van der Waals surface area (Å²) in [7, 11) is 0. The lowest BCUT2D eigenvalue weighted by molar-refractivity contribution is 0.485. The minimum absolute atomic E-state index is 0.0705. The van der Waals surface area contributed by atoms with Gasteiger partial charge in [0.2, 0.25) is 0 Å². The van der Waals surface area contributed by atoms with Gasteiger partial charge < -0.3 is 0 Å². The van der Waals surface area contributed by atoms with E-state index < -0.39 is 0 Å². The molecule has 32 heavy (non-hydrogen) atoms. The Labute approximate surface area is 186 Å². The van der Waals surface area contributed by atoms with Crippen molar-refractivity contribution in [3.05, 3.63) is 126 Å². The van der Waals surface area contributed by atoms with Crippen molar-refractivity contribution in [2.45, 2.75) is 12.1 Å². The van der Waals surface area contributed by atoms with E-state index in [1.807, 2.05) is 53.2 Å².